The van der Waals surface area contributed by atoms with Crippen LogP contribution in [0.15, 0.2) is 0 Å². The molecule has 5 nitrogen and oxygen atoms in total. The topological polar surface area (TPSA) is 55.8 Å². The van der Waals surface area contributed by atoms with Crippen LogP contribution in [0.3, 0.4) is 0 Å². The molecular weight excluding hydrogens is 378 g/mol. The molecule has 30 heavy (non-hydrogen) atoms. The number of esters is 1. The van der Waals surface area contributed by atoms with E-state index in [4.69, 9.17) is 9.47 Å². The molecule has 5 heteroatoms. The van der Waals surface area contributed by atoms with Crippen LogP contribution in [0.1, 0.15) is 110 Å². The highest BCUT2D eigenvalue weighted by atomic mass is 16.5. The van der Waals surface area contributed by atoms with Gasteiger partial charge in [0.05, 0.1) is 13.0 Å². The molecule has 0 aliphatic carbocycles. The van der Waals surface area contributed by atoms with Crippen molar-refractivity contribution in [3.63, 3.8) is 0 Å². The zero-order chi connectivity index (χ0) is 22.1. The summed E-state index contributed by atoms with van der Waals surface area (Å²) < 4.78 is 10.4. The van der Waals surface area contributed by atoms with E-state index in [-0.39, 0.29) is 5.97 Å². The van der Waals surface area contributed by atoms with Crippen LogP contribution >= 0.6 is 0 Å². The van der Waals surface area contributed by atoms with Crippen molar-refractivity contribution in [1.29, 1.82) is 0 Å². The molecule has 0 heterocycles. The lowest BCUT2D eigenvalue weighted by Gasteiger charge is -2.20. The summed E-state index contributed by atoms with van der Waals surface area (Å²) in [7, 11) is 1.68. The monoisotopic (exact) mass is 427 g/mol. The second kappa shape index (κ2) is 24.3. The molecule has 0 atom stereocenters. The number of unbranched alkanes of at least 4 members (excludes halogenated alkanes) is 12. The predicted octanol–water partition coefficient (Wildman–Crippen LogP) is 5.94. The average Bonchev–Trinajstić information content (AvgIpc) is 2.75. The molecule has 0 aliphatic rings. The molecule has 0 saturated carbocycles. The molecule has 178 valence electrons. The number of hydrogen-bond acceptors (Lipinski definition) is 5. The van der Waals surface area contributed by atoms with Crippen molar-refractivity contribution in [3.8, 4) is 0 Å². The SMILES string of the molecule is CCCCCCCCCCCCCCCOC(=O)CCN(CCC=O)CCCOC. The fraction of sp³-hybridized carbons (Fsp3) is 0.920. The van der Waals surface area contributed by atoms with Crippen LogP contribution in [0.4, 0.5) is 0 Å². The Morgan fingerprint density at radius 1 is 0.733 bits per heavy atom. The van der Waals surface area contributed by atoms with Gasteiger partial charge in [-0.3, -0.25) is 4.79 Å². The third-order valence-electron chi connectivity index (χ3n) is 5.53. The molecule has 0 spiro atoms. The van der Waals surface area contributed by atoms with E-state index in [0.717, 1.165) is 32.1 Å². The van der Waals surface area contributed by atoms with Gasteiger partial charge in [-0.1, -0.05) is 84.0 Å². The van der Waals surface area contributed by atoms with Gasteiger partial charge in [0.1, 0.15) is 6.29 Å². The summed E-state index contributed by atoms with van der Waals surface area (Å²) in [5.41, 5.74) is 0. The lowest BCUT2D eigenvalue weighted by molar-refractivity contribution is -0.144. The third kappa shape index (κ3) is 21.8. The van der Waals surface area contributed by atoms with Crippen molar-refractivity contribution >= 4 is 12.3 Å². The standard InChI is InChI=1S/C25H49NO4/c1-3-4-5-6-7-8-9-10-11-12-13-14-15-24-30-25(28)18-21-26(19-16-22-27)20-17-23-29-2/h22H,3-21,23-24H2,1-2H3. The Labute approximate surface area is 186 Å². The summed E-state index contributed by atoms with van der Waals surface area (Å²) in [6.45, 7) is 5.68. The quantitative estimate of drug-likeness (QED) is 0.108. The number of hydrogen-bond donors (Lipinski definition) is 0. The molecule has 0 aromatic carbocycles. The van der Waals surface area contributed by atoms with E-state index in [1.165, 1.54) is 70.6 Å². The maximum Gasteiger partial charge on any atom is 0.307 e. The number of nitrogens with zero attached hydrogens (tertiary/aromatic N) is 1. The van der Waals surface area contributed by atoms with Gasteiger partial charge in [0.25, 0.3) is 0 Å². The number of carbonyl (C=O) groups excluding carboxylic acids is 2. The lowest BCUT2D eigenvalue weighted by atomic mass is 10.0. The molecule has 0 bridgehead atoms. The van der Waals surface area contributed by atoms with Gasteiger partial charge in [0.2, 0.25) is 0 Å². The minimum Gasteiger partial charge on any atom is -0.466 e. The van der Waals surface area contributed by atoms with Gasteiger partial charge in [-0.25, -0.2) is 0 Å². The second-order valence-corrected chi connectivity index (χ2v) is 8.36. The third-order valence-corrected chi connectivity index (χ3v) is 5.53. The smallest absolute Gasteiger partial charge is 0.307 e. The van der Waals surface area contributed by atoms with Gasteiger partial charge in [0.15, 0.2) is 0 Å². The van der Waals surface area contributed by atoms with E-state index in [2.05, 4.69) is 11.8 Å². The van der Waals surface area contributed by atoms with Gasteiger partial charge in [-0.05, 0) is 12.8 Å². The van der Waals surface area contributed by atoms with Crippen molar-refractivity contribution < 1.29 is 19.1 Å². The van der Waals surface area contributed by atoms with E-state index >= 15 is 0 Å². The molecule has 0 fully saturated rings. The zero-order valence-electron chi connectivity index (χ0n) is 20.0. The summed E-state index contributed by atoms with van der Waals surface area (Å²) >= 11 is 0. The van der Waals surface area contributed by atoms with Crippen LogP contribution < -0.4 is 0 Å². The highest BCUT2D eigenvalue weighted by Crippen LogP contribution is 2.12. The highest BCUT2D eigenvalue weighted by molar-refractivity contribution is 5.69. The minimum atomic E-state index is -0.128. The second-order valence-electron chi connectivity index (χ2n) is 8.36. The highest BCUT2D eigenvalue weighted by Gasteiger charge is 2.09. The zero-order valence-corrected chi connectivity index (χ0v) is 20.0. The Bertz CT molecular complexity index is 376. The summed E-state index contributed by atoms with van der Waals surface area (Å²) in [4.78, 5) is 24.7. The van der Waals surface area contributed by atoms with Gasteiger partial charge in [0, 0.05) is 39.8 Å². The first-order chi connectivity index (χ1) is 14.7. The average molecular weight is 428 g/mol. The maximum absolute atomic E-state index is 11.9. The van der Waals surface area contributed by atoms with E-state index in [1.54, 1.807) is 7.11 Å². The molecule has 0 aromatic rings. The van der Waals surface area contributed by atoms with Crippen molar-refractivity contribution in [2.24, 2.45) is 0 Å². The molecule has 0 radical (unpaired) electrons. The van der Waals surface area contributed by atoms with Crippen molar-refractivity contribution in [1.82, 2.24) is 4.90 Å². The van der Waals surface area contributed by atoms with Gasteiger partial charge in [-0.2, -0.15) is 0 Å². The van der Waals surface area contributed by atoms with Crippen LogP contribution in [-0.2, 0) is 19.1 Å². The number of aldehydes is 1. The molecule has 0 rings (SSSR count). The summed E-state index contributed by atoms with van der Waals surface area (Å²) in [5, 5.41) is 0. The van der Waals surface area contributed by atoms with Crippen LogP contribution in [0, 0.1) is 0 Å². The van der Waals surface area contributed by atoms with Crippen LogP contribution in [0.5, 0.6) is 0 Å². The summed E-state index contributed by atoms with van der Waals surface area (Å²) in [6, 6.07) is 0. The van der Waals surface area contributed by atoms with E-state index in [1.807, 2.05) is 0 Å². The van der Waals surface area contributed by atoms with Crippen LogP contribution in [-0.4, -0.2) is 57.1 Å². The van der Waals surface area contributed by atoms with Gasteiger partial charge in [-0.15, -0.1) is 0 Å². The molecule has 0 saturated heterocycles. The molecule has 0 unspecified atom stereocenters. The predicted molar refractivity (Wildman–Crippen MR) is 125 cm³/mol. The Balaban J connectivity index is 3.47. The Hall–Kier alpha value is -0.940. The number of rotatable bonds is 24. The number of methoxy groups -OCH3 is 1. The fourth-order valence-electron chi connectivity index (χ4n) is 3.63. The maximum atomic E-state index is 11.9. The first kappa shape index (κ1) is 29.1. The summed E-state index contributed by atoms with van der Waals surface area (Å²) in [6.07, 6.45) is 19.8. The summed E-state index contributed by atoms with van der Waals surface area (Å²) in [5.74, 6) is -0.128. The molecule has 0 N–H and O–H groups in total. The number of carbonyl (C=O) groups is 2. The molecular formula is C25H49NO4. The first-order valence-electron chi connectivity index (χ1n) is 12.5. The fourth-order valence-corrected chi connectivity index (χ4v) is 3.63. The van der Waals surface area contributed by atoms with Crippen LogP contribution in [0.25, 0.3) is 0 Å². The normalized spacial score (nSPS) is 11.2. The first-order valence-corrected chi connectivity index (χ1v) is 12.5. The van der Waals surface area contributed by atoms with Crippen molar-refractivity contribution in [3.05, 3.63) is 0 Å². The van der Waals surface area contributed by atoms with Gasteiger partial charge >= 0.3 is 5.97 Å². The van der Waals surface area contributed by atoms with E-state index < -0.39 is 0 Å². The lowest BCUT2D eigenvalue weighted by Crippen LogP contribution is -2.30. The van der Waals surface area contributed by atoms with E-state index in [0.29, 0.717) is 39.1 Å². The largest absolute Gasteiger partial charge is 0.466 e. The Morgan fingerprint density at radius 2 is 1.30 bits per heavy atom. The molecule has 0 aromatic heterocycles. The molecule has 0 amide bonds. The van der Waals surface area contributed by atoms with Crippen molar-refractivity contribution in [2.45, 2.75) is 110 Å². The number of ether oxygens (including phenoxy) is 2. The Kier molecular flexibility index (Phi) is 23.6. The Morgan fingerprint density at radius 3 is 1.83 bits per heavy atom. The minimum absolute atomic E-state index is 0.128. The molecule has 0 aliphatic heterocycles. The van der Waals surface area contributed by atoms with E-state index in [9.17, 15) is 9.59 Å². The van der Waals surface area contributed by atoms with Gasteiger partial charge < -0.3 is 19.2 Å². The van der Waals surface area contributed by atoms with Crippen molar-refractivity contribution in [2.75, 3.05) is 40.0 Å². The van der Waals surface area contributed by atoms with Crippen LogP contribution in [0.2, 0.25) is 0 Å².